The maximum absolute atomic E-state index is 8.63. The average Bonchev–Trinajstić information content (AvgIpc) is 2.64. The number of rotatable bonds is 12. The van der Waals surface area contributed by atoms with Crippen LogP contribution in [0.2, 0.25) is 0 Å². The van der Waals surface area contributed by atoms with Crippen molar-refractivity contribution >= 4 is 11.4 Å². The van der Waals surface area contributed by atoms with Gasteiger partial charge in [0.1, 0.15) is 0 Å². The summed E-state index contributed by atoms with van der Waals surface area (Å²) >= 11 is 0. The number of aliphatic hydroxyl groups excluding tert-OH is 1. The van der Waals surface area contributed by atoms with E-state index in [-0.39, 0.29) is 12.1 Å². The van der Waals surface area contributed by atoms with E-state index >= 15 is 0 Å². The normalized spacial score (nSPS) is 15.9. The minimum atomic E-state index is 0.0460. The van der Waals surface area contributed by atoms with Gasteiger partial charge in [0.15, 0.2) is 0 Å². The van der Waals surface area contributed by atoms with Crippen LogP contribution in [0.4, 0.5) is 11.4 Å². The molecule has 0 radical (unpaired) electrons. The van der Waals surface area contributed by atoms with E-state index in [9.17, 15) is 0 Å². The fourth-order valence-corrected chi connectivity index (χ4v) is 3.71. The molecule has 0 saturated heterocycles. The lowest BCUT2D eigenvalue weighted by Crippen LogP contribution is -2.49. The first-order valence-electron chi connectivity index (χ1n) is 10.4. The van der Waals surface area contributed by atoms with Gasteiger partial charge in [-0.15, -0.1) is 0 Å². The van der Waals surface area contributed by atoms with Crippen molar-refractivity contribution in [2.75, 3.05) is 63.4 Å². The highest BCUT2D eigenvalue weighted by Gasteiger charge is 2.33. The first kappa shape index (κ1) is 22.9. The molecule has 6 nitrogen and oxygen atoms in total. The zero-order valence-corrected chi connectivity index (χ0v) is 18.0. The van der Waals surface area contributed by atoms with Gasteiger partial charge in [0.2, 0.25) is 0 Å². The maximum atomic E-state index is 8.63. The van der Waals surface area contributed by atoms with E-state index in [2.05, 4.69) is 44.7 Å². The Bertz CT molecular complexity index is 604. The number of hydrogen-bond donors (Lipinski definition) is 2. The van der Waals surface area contributed by atoms with Crippen molar-refractivity contribution in [2.24, 2.45) is 0 Å². The Morgan fingerprint density at radius 3 is 2.25 bits per heavy atom. The second-order valence-corrected chi connectivity index (χ2v) is 8.29. The van der Waals surface area contributed by atoms with E-state index in [0.717, 1.165) is 25.1 Å². The number of anilines is 2. The molecule has 6 heteroatoms. The lowest BCUT2D eigenvalue weighted by atomic mass is 9.85. The average molecular weight is 395 g/mol. The van der Waals surface area contributed by atoms with Gasteiger partial charge in [-0.05, 0) is 55.9 Å². The van der Waals surface area contributed by atoms with Crippen LogP contribution in [0.3, 0.4) is 0 Å². The largest absolute Gasteiger partial charge is 0.398 e. The summed E-state index contributed by atoms with van der Waals surface area (Å²) < 4.78 is 16.4. The summed E-state index contributed by atoms with van der Waals surface area (Å²) in [6.45, 7) is 13.0. The predicted molar refractivity (Wildman–Crippen MR) is 114 cm³/mol. The summed E-state index contributed by atoms with van der Waals surface area (Å²) in [6.07, 6.45) is 2.17. The summed E-state index contributed by atoms with van der Waals surface area (Å²) in [6, 6.07) is 4.45. The van der Waals surface area contributed by atoms with Crippen LogP contribution in [0.15, 0.2) is 12.1 Å². The highest BCUT2D eigenvalue weighted by Crippen LogP contribution is 2.40. The molecular formula is C22H38N2O4. The van der Waals surface area contributed by atoms with Crippen LogP contribution in [-0.4, -0.2) is 63.4 Å². The number of hydrogen-bond acceptors (Lipinski definition) is 6. The first-order chi connectivity index (χ1) is 13.4. The number of nitrogens with two attached hydrogens (primary N) is 1. The van der Waals surface area contributed by atoms with Crippen molar-refractivity contribution in [3.05, 3.63) is 23.3 Å². The minimum Gasteiger partial charge on any atom is -0.398 e. The third kappa shape index (κ3) is 6.34. The number of fused-ring (bicyclic) bond motifs is 1. The van der Waals surface area contributed by atoms with Gasteiger partial charge in [-0.1, -0.05) is 13.8 Å². The van der Waals surface area contributed by atoms with Crippen LogP contribution >= 0.6 is 0 Å². The van der Waals surface area contributed by atoms with Gasteiger partial charge in [0, 0.05) is 23.5 Å². The highest BCUT2D eigenvalue weighted by atomic mass is 16.5. The fraction of sp³-hybridized carbons (Fsp3) is 0.727. The van der Waals surface area contributed by atoms with E-state index in [1.54, 1.807) is 0 Å². The number of nitrogen functional groups attached to an aromatic ring is 1. The number of ether oxygens (including phenoxy) is 3. The number of nitrogens with zero attached hydrogens (tertiary/aromatic N) is 1. The zero-order valence-electron chi connectivity index (χ0n) is 18.0. The molecule has 0 atom stereocenters. The molecule has 1 aromatic carbocycles. The molecule has 0 fully saturated rings. The van der Waals surface area contributed by atoms with Gasteiger partial charge in [-0.2, -0.15) is 0 Å². The predicted octanol–water partition coefficient (Wildman–Crippen LogP) is 2.97. The molecule has 3 N–H and O–H groups in total. The van der Waals surface area contributed by atoms with Crippen molar-refractivity contribution in [1.82, 2.24) is 0 Å². The SMILES string of the molecule is CC(C)c1cc2c(cc1N)CCC(C)(C)N2CCOCCOCCOCCO. The number of aryl methyl sites for hydroxylation is 1. The summed E-state index contributed by atoms with van der Waals surface area (Å²) in [5.74, 6) is 0.409. The van der Waals surface area contributed by atoms with Gasteiger partial charge in [-0.3, -0.25) is 0 Å². The summed E-state index contributed by atoms with van der Waals surface area (Å²) in [5.41, 5.74) is 11.2. The molecule has 1 heterocycles. The van der Waals surface area contributed by atoms with Crippen molar-refractivity contribution in [2.45, 2.75) is 52.0 Å². The van der Waals surface area contributed by atoms with E-state index in [1.807, 2.05) is 0 Å². The molecule has 0 saturated carbocycles. The van der Waals surface area contributed by atoms with E-state index in [4.69, 9.17) is 25.1 Å². The lowest BCUT2D eigenvalue weighted by Gasteiger charge is -2.45. The third-order valence-corrected chi connectivity index (χ3v) is 5.37. The van der Waals surface area contributed by atoms with Crippen molar-refractivity contribution in [3.8, 4) is 0 Å². The maximum Gasteiger partial charge on any atom is 0.0701 e. The first-order valence-corrected chi connectivity index (χ1v) is 10.4. The Hall–Kier alpha value is -1.34. The van der Waals surface area contributed by atoms with Crippen LogP contribution < -0.4 is 10.6 Å². The van der Waals surface area contributed by atoms with Gasteiger partial charge in [-0.25, -0.2) is 0 Å². The fourth-order valence-electron chi connectivity index (χ4n) is 3.71. The Kier molecular flexibility index (Phi) is 9.02. The molecule has 0 amide bonds. The quantitative estimate of drug-likeness (QED) is 0.419. The van der Waals surface area contributed by atoms with Gasteiger partial charge >= 0.3 is 0 Å². The molecule has 160 valence electrons. The molecule has 0 aromatic heterocycles. The molecule has 0 spiro atoms. The van der Waals surface area contributed by atoms with Crippen molar-refractivity contribution in [1.29, 1.82) is 0 Å². The summed E-state index contributed by atoms with van der Waals surface area (Å²) in [7, 11) is 0. The Morgan fingerprint density at radius 1 is 1.04 bits per heavy atom. The second kappa shape index (κ2) is 11.0. The lowest BCUT2D eigenvalue weighted by molar-refractivity contribution is 0.00837. The van der Waals surface area contributed by atoms with Crippen LogP contribution in [0, 0.1) is 0 Å². The molecule has 28 heavy (non-hydrogen) atoms. The highest BCUT2D eigenvalue weighted by molar-refractivity contribution is 5.67. The smallest absolute Gasteiger partial charge is 0.0701 e. The Labute approximate surface area is 169 Å². The van der Waals surface area contributed by atoms with Crippen molar-refractivity contribution in [3.63, 3.8) is 0 Å². The summed E-state index contributed by atoms with van der Waals surface area (Å²) in [5, 5.41) is 8.63. The van der Waals surface area contributed by atoms with Crippen LogP contribution in [0.25, 0.3) is 0 Å². The van der Waals surface area contributed by atoms with E-state index in [0.29, 0.717) is 45.6 Å². The van der Waals surface area contributed by atoms with Gasteiger partial charge < -0.3 is 30.0 Å². The minimum absolute atomic E-state index is 0.0460. The molecular weight excluding hydrogens is 356 g/mol. The zero-order chi connectivity index (χ0) is 20.6. The molecule has 2 rings (SSSR count). The van der Waals surface area contributed by atoms with Crippen LogP contribution in [0.1, 0.15) is 51.2 Å². The molecule has 0 unspecified atom stereocenters. The molecule has 1 aliphatic heterocycles. The third-order valence-electron chi connectivity index (χ3n) is 5.37. The molecule has 1 aromatic rings. The second-order valence-electron chi connectivity index (χ2n) is 8.29. The van der Waals surface area contributed by atoms with E-state index < -0.39 is 0 Å². The monoisotopic (exact) mass is 394 g/mol. The van der Waals surface area contributed by atoms with Gasteiger partial charge in [0.25, 0.3) is 0 Å². The standard InChI is InChI=1S/C22H38N2O4/c1-17(2)19-16-21-18(15-20(19)23)5-6-22(3,4)24(21)7-9-26-11-13-28-14-12-27-10-8-25/h15-17,25H,5-14,23H2,1-4H3. The number of aliphatic hydroxyl groups is 1. The topological polar surface area (TPSA) is 77.2 Å². The van der Waals surface area contributed by atoms with E-state index in [1.165, 1.54) is 16.8 Å². The summed E-state index contributed by atoms with van der Waals surface area (Å²) in [4.78, 5) is 2.47. The Balaban J connectivity index is 1.85. The number of benzene rings is 1. The Morgan fingerprint density at radius 2 is 1.64 bits per heavy atom. The molecule has 0 bridgehead atoms. The molecule has 0 aliphatic carbocycles. The van der Waals surface area contributed by atoms with Crippen molar-refractivity contribution < 1.29 is 19.3 Å². The van der Waals surface area contributed by atoms with Gasteiger partial charge in [0.05, 0.1) is 46.2 Å². The molecule has 1 aliphatic rings. The van der Waals surface area contributed by atoms with Crippen LogP contribution in [0.5, 0.6) is 0 Å². The van der Waals surface area contributed by atoms with Crippen LogP contribution in [-0.2, 0) is 20.6 Å².